The number of hydrogen-bond acceptors (Lipinski definition) is 1. The Morgan fingerprint density at radius 1 is 1.05 bits per heavy atom. The zero-order valence-electron chi connectivity index (χ0n) is 9.38. The topological polar surface area (TPSA) is 29.1 Å². The fourth-order valence-electron chi connectivity index (χ4n) is 1.47. The fourth-order valence-corrected chi connectivity index (χ4v) is 1.68. The van der Waals surface area contributed by atoms with Gasteiger partial charge in [-0.25, -0.2) is 13.2 Å². The Morgan fingerprint density at radius 2 is 1.79 bits per heavy atom. The van der Waals surface area contributed by atoms with Gasteiger partial charge in [-0.05, 0) is 30.3 Å². The standard InChI is InChI=1S/C13H7ClF3NO/c14-9-2-1-3-11(17)12(9)18-13(19)8-6-7(15)4-5-10(8)16/h1-6H,(H,18,19). The number of halogens is 4. The highest BCUT2D eigenvalue weighted by Crippen LogP contribution is 2.25. The van der Waals surface area contributed by atoms with E-state index in [0.29, 0.717) is 0 Å². The summed E-state index contributed by atoms with van der Waals surface area (Å²) in [4.78, 5) is 11.7. The van der Waals surface area contributed by atoms with E-state index in [0.717, 1.165) is 24.3 Å². The minimum Gasteiger partial charge on any atom is -0.318 e. The summed E-state index contributed by atoms with van der Waals surface area (Å²) in [6, 6.07) is 6.22. The van der Waals surface area contributed by atoms with Crippen LogP contribution < -0.4 is 5.32 Å². The van der Waals surface area contributed by atoms with Gasteiger partial charge in [-0.2, -0.15) is 0 Å². The number of rotatable bonds is 2. The van der Waals surface area contributed by atoms with Crippen molar-refractivity contribution in [3.63, 3.8) is 0 Å². The molecule has 0 heterocycles. The normalized spacial score (nSPS) is 10.3. The average molecular weight is 286 g/mol. The summed E-state index contributed by atoms with van der Waals surface area (Å²) in [5.41, 5.74) is -0.808. The minimum atomic E-state index is -0.982. The monoisotopic (exact) mass is 285 g/mol. The molecule has 0 atom stereocenters. The molecule has 2 aromatic rings. The smallest absolute Gasteiger partial charge is 0.258 e. The number of amides is 1. The molecule has 2 nitrogen and oxygen atoms in total. The van der Waals surface area contributed by atoms with E-state index in [-0.39, 0.29) is 10.7 Å². The van der Waals surface area contributed by atoms with Crippen LogP contribution in [0.5, 0.6) is 0 Å². The van der Waals surface area contributed by atoms with Crippen molar-refractivity contribution in [2.45, 2.75) is 0 Å². The van der Waals surface area contributed by atoms with Crippen LogP contribution in [0.1, 0.15) is 10.4 Å². The molecule has 0 fully saturated rings. The summed E-state index contributed by atoms with van der Waals surface area (Å²) >= 11 is 5.71. The molecule has 1 amide bonds. The van der Waals surface area contributed by atoms with Crippen LogP contribution in [0.15, 0.2) is 36.4 Å². The summed E-state index contributed by atoms with van der Waals surface area (Å²) in [6.45, 7) is 0. The number of benzene rings is 2. The molecule has 6 heteroatoms. The molecule has 0 aliphatic heterocycles. The average Bonchev–Trinajstić information content (AvgIpc) is 2.37. The van der Waals surface area contributed by atoms with Gasteiger partial charge in [0.2, 0.25) is 0 Å². The first-order valence-electron chi connectivity index (χ1n) is 5.19. The van der Waals surface area contributed by atoms with Gasteiger partial charge in [-0.3, -0.25) is 4.79 Å². The van der Waals surface area contributed by atoms with Crippen molar-refractivity contribution in [1.82, 2.24) is 0 Å². The Kier molecular flexibility index (Phi) is 3.76. The second-order valence-electron chi connectivity index (χ2n) is 3.67. The maximum Gasteiger partial charge on any atom is 0.258 e. The van der Waals surface area contributed by atoms with Gasteiger partial charge in [0.25, 0.3) is 5.91 Å². The van der Waals surface area contributed by atoms with E-state index in [1.54, 1.807) is 0 Å². The van der Waals surface area contributed by atoms with Crippen LogP contribution >= 0.6 is 11.6 Å². The summed E-state index contributed by atoms with van der Waals surface area (Å²) < 4.78 is 39.8. The third-order valence-corrected chi connectivity index (χ3v) is 2.69. The van der Waals surface area contributed by atoms with E-state index < -0.39 is 28.9 Å². The molecule has 0 radical (unpaired) electrons. The van der Waals surface area contributed by atoms with Gasteiger partial charge in [-0.1, -0.05) is 17.7 Å². The van der Waals surface area contributed by atoms with Crippen molar-refractivity contribution in [2.75, 3.05) is 5.32 Å². The van der Waals surface area contributed by atoms with Gasteiger partial charge in [0, 0.05) is 0 Å². The van der Waals surface area contributed by atoms with Crippen LogP contribution in [0.4, 0.5) is 18.9 Å². The summed E-state index contributed by atoms with van der Waals surface area (Å²) in [6.07, 6.45) is 0. The molecule has 98 valence electrons. The molecule has 0 aliphatic carbocycles. The van der Waals surface area contributed by atoms with Crippen LogP contribution in [0.2, 0.25) is 5.02 Å². The van der Waals surface area contributed by atoms with E-state index >= 15 is 0 Å². The van der Waals surface area contributed by atoms with Crippen LogP contribution in [0.25, 0.3) is 0 Å². The Morgan fingerprint density at radius 3 is 2.47 bits per heavy atom. The number of carbonyl (C=O) groups excluding carboxylic acids is 1. The lowest BCUT2D eigenvalue weighted by Crippen LogP contribution is -2.15. The molecule has 0 bridgehead atoms. The largest absolute Gasteiger partial charge is 0.318 e. The predicted molar refractivity (Wildman–Crippen MR) is 65.7 cm³/mol. The highest BCUT2D eigenvalue weighted by atomic mass is 35.5. The quantitative estimate of drug-likeness (QED) is 0.887. The van der Waals surface area contributed by atoms with Crippen molar-refractivity contribution in [1.29, 1.82) is 0 Å². The number of anilines is 1. The van der Waals surface area contributed by atoms with Gasteiger partial charge in [0.05, 0.1) is 16.3 Å². The van der Waals surface area contributed by atoms with E-state index in [4.69, 9.17) is 11.6 Å². The van der Waals surface area contributed by atoms with E-state index in [9.17, 15) is 18.0 Å². The molecule has 0 aromatic heterocycles. The van der Waals surface area contributed by atoms with E-state index in [1.807, 2.05) is 0 Å². The van der Waals surface area contributed by atoms with Crippen molar-refractivity contribution >= 4 is 23.2 Å². The number of para-hydroxylation sites is 1. The number of nitrogens with one attached hydrogen (secondary N) is 1. The van der Waals surface area contributed by atoms with Gasteiger partial charge < -0.3 is 5.32 Å². The molecule has 19 heavy (non-hydrogen) atoms. The molecular weight excluding hydrogens is 279 g/mol. The Balaban J connectivity index is 2.34. The van der Waals surface area contributed by atoms with Crippen LogP contribution in [0, 0.1) is 17.5 Å². The van der Waals surface area contributed by atoms with Crippen LogP contribution in [-0.4, -0.2) is 5.91 Å². The first-order chi connectivity index (χ1) is 8.99. The molecule has 0 saturated carbocycles. The molecular formula is C13H7ClF3NO. The van der Waals surface area contributed by atoms with Crippen molar-refractivity contribution in [3.8, 4) is 0 Å². The summed E-state index contributed by atoms with van der Waals surface area (Å²) in [5.74, 6) is -3.43. The number of carbonyl (C=O) groups is 1. The highest BCUT2D eigenvalue weighted by molar-refractivity contribution is 6.34. The Hall–Kier alpha value is -2.01. The maximum atomic E-state index is 13.4. The van der Waals surface area contributed by atoms with Gasteiger partial charge >= 0.3 is 0 Å². The zero-order valence-corrected chi connectivity index (χ0v) is 10.1. The van der Waals surface area contributed by atoms with Gasteiger partial charge in [0.15, 0.2) is 0 Å². The maximum absolute atomic E-state index is 13.4. The Bertz CT molecular complexity index is 626. The first-order valence-corrected chi connectivity index (χ1v) is 5.57. The molecule has 2 aromatic carbocycles. The molecule has 0 aliphatic rings. The molecule has 1 N–H and O–H groups in total. The highest BCUT2D eigenvalue weighted by Gasteiger charge is 2.16. The molecule has 2 rings (SSSR count). The molecule has 0 spiro atoms. The lowest BCUT2D eigenvalue weighted by atomic mass is 10.2. The van der Waals surface area contributed by atoms with Crippen LogP contribution in [0.3, 0.4) is 0 Å². The lowest BCUT2D eigenvalue weighted by molar-refractivity contribution is 0.102. The van der Waals surface area contributed by atoms with Gasteiger partial charge in [-0.15, -0.1) is 0 Å². The summed E-state index contributed by atoms with van der Waals surface area (Å²) in [7, 11) is 0. The van der Waals surface area contributed by atoms with Gasteiger partial charge in [0.1, 0.15) is 17.5 Å². The summed E-state index contributed by atoms with van der Waals surface area (Å²) in [5, 5.41) is 2.07. The third kappa shape index (κ3) is 2.88. The third-order valence-electron chi connectivity index (χ3n) is 2.37. The fraction of sp³-hybridized carbons (Fsp3) is 0. The molecule has 0 saturated heterocycles. The lowest BCUT2D eigenvalue weighted by Gasteiger charge is -2.08. The second kappa shape index (κ2) is 5.32. The van der Waals surface area contributed by atoms with Crippen molar-refractivity contribution in [3.05, 3.63) is 64.4 Å². The van der Waals surface area contributed by atoms with E-state index in [2.05, 4.69) is 5.32 Å². The van der Waals surface area contributed by atoms with Crippen molar-refractivity contribution < 1.29 is 18.0 Å². The molecule has 0 unspecified atom stereocenters. The zero-order chi connectivity index (χ0) is 14.0. The first kappa shape index (κ1) is 13.4. The van der Waals surface area contributed by atoms with E-state index in [1.165, 1.54) is 12.1 Å². The number of hydrogen-bond donors (Lipinski definition) is 1. The van der Waals surface area contributed by atoms with Crippen molar-refractivity contribution in [2.24, 2.45) is 0 Å². The SMILES string of the molecule is O=C(Nc1c(F)cccc1Cl)c1cc(F)ccc1F. The predicted octanol–water partition coefficient (Wildman–Crippen LogP) is 4.01. The van der Waals surface area contributed by atoms with Crippen LogP contribution in [-0.2, 0) is 0 Å². The Labute approximate surface area is 111 Å². The second-order valence-corrected chi connectivity index (χ2v) is 4.08. The minimum absolute atomic E-state index is 0.0369.